The van der Waals surface area contributed by atoms with Crippen LogP contribution in [-0.2, 0) is 4.79 Å². The van der Waals surface area contributed by atoms with Crippen LogP contribution >= 0.6 is 0 Å². The van der Waals surface area contributed by atoms with Crippen LogP contribution in [0.3, 0.4) is 0 Å². The van der Waals surface area contributed by atoms with Gasteiger partial charge in [0.15, 0.2) is 0 Å². The van der Waals surface area contributed by atoms with Crippen molar-refractivity contribution in [3.05, 3.63) is 95.1 Å². The van der Waals surface area contributed by atoms with E-state index in [0.717, 1.165) is 11.1 Å². The lowest BCUT2D eigenvalue weighted by Crippen LogP contribution is -2.32. The van der Waals surface area contributed by atoms with Crippen molar-refractivity contribution >= 4 is 29.1 Å². The Morgan fingerprint density at radius 3 is 1.97 bits per heavy atom. The van der Waals surface area contributed by atoms with Crippen molar-refractivity contribution in [2.24, 2.45) is 0 Å². The van der Waals surface area contributed by atoms with Gasteiger partial charge in [-0.3, -0.25) is 14.4 Å². The molecule has 0 aliphatic rings. The van der Waals surface area contributed by atoms with Crippen molar-refractivity contribution < 1.29 is 14.4 Å². The van der Waals surface area contributed by atoms with E-state index in [9.17, 15) is 14.4 Å². The number of nitrogens with one attached hydrogen (secondary N) is 3. The molecule has 0 saturated heterocycles. The molecule has 0 spiro atoms. The third kappa shape index (κ3) is 5.78. The van der Waals surface area contributed by atoms with E-state index >= 15 is 0 Å². The molecule has 0 aliphatic heterocycles. The molecule has 6 nitrogen and oxygen atoms in total. The van der Waals surface area contributed by atoms with Gasteiger partial charge in [-0.25, -0.2) is 0 Å². The van der Waals surface area contributed by atoms with Crippen molar-refractivity contribution in [3.8, 4) is 0 Å². The second-order valence-electron chi connectivity index (χ2n) is 7.01. The van der Waals surface area contributed by atoms with Gasteiger partial charge >= 0.3 is 0 Å². The second kappa shape index (κ2) is 9.52. The van der Waals surface area contributed by atoms with Crippen LogP contribution in [0, 0.1) is 13.8 Å². The van der Waals surface area contributed by atoms with E-state index in [4.69, 9.17) is 0 Å². The maximum Gasteiger partial charge on any atom is 0.255 e. The minimum Gasteiger partial charge on any atom is -0.343 e. The molecule has 30 heavy (non-hydrogen) atoms. The van der Waals surface area contributed by atoms with E-state index in [2.05, 4.69) is 16.0 Å². The van der Waals surface area contributed by atoms with E-state index < -0.39 is 0 Å². The second-order valence-corrected chi connectivity index (χ2v) is 7.01. The normalized spacial score (nSPS) is 10.2. The van der Waals surface area contributed by atoms with Crippen LogP contribution in [-0.4, -0.2) is 24.3 Å². The number of rotatable bonds is 6. The first kappa shape index (κ1) is 20.8. The summed E-state index contributed by atoms with van der Waals surface area (Å²) in [6.07, 6.45) is 0. The summed E-state index contributed by atoms with van der Waals surface area (Å²) in [5.41, 5.74) is 4.11. The molecule has 0 fully saturated rings. The number of hydrogen-bond acceptors (Lipinski definition) is 3. The van der Waals surface area contributed by atoms with Crippen molar-refractivity contribution in [1.29, 1.82) is 0 Å². The summed E-state index contributed by atoms with van der Waals surface area (Å²) in [4.78, 5) is 36.8. The Balaban J connectivity index is 1.56. The van der Waals surface area contributed by atoms with Gasteiger partial charge in [0, 0.05) is 22.5 Å². The minimum atomic E-state index is -0.362. The summed E-state index contributed by atoms with van der Waals surface area (Å²) in [5, 5.41) is 8.14. The highest BCUT2D eigenvalue weighted by Crippen LogP contribution is 2.16. The average molecular weight is 401 g/mol. The molecular weight excluding hydrogens is 378 g/mol. The topological polar surface area (TPSA) is 87.3 Å². The summed E-state index contributed by atoms with van der Waals surface area (Å²) < 4.78 is 0. The van der Waals surface area contributed by atoms with E-state index in [1.165, 1.54) is 0 Å². The Morgan fingerprint density at radius 1 is 0.667 bits per heavy atom. The molecule has 0 atom stereocenters. The lowest BCUT2D eigenvalue weighted by Gasteiger charge is -2.10. The van der Waals surface area contributed by atoms with Crippen LogP contribution in [0.4, 0.5) is 11.4 Å². The SMILES string of the molecule is Cc1cc(C)cc(C(=O)NCC(=O)Nc2cccc(NC(=O)c3ccccc3)c2)c1. The molecule has 3 aromatic rings. The van der Waals surface area contributed by atoms with Crippen LogP contribution in [0.25, 0.3) is 0 Å². The Kier molecular flexibility index (Phi) is 6.60. The molecule has 0 radical (unpaired) electrons. The number of benzene rings is 3. The van der Waals surface area contributed by atoms with Crippen molar-refractivity contribution in [2.45, 2.75) is 13.8 Å². The van der Waals surface area contributed by atoms with Crippen LogP contribution in [0.5, 0.6) is 0 Å². The first-order valence-corrected chi connectivity index (χ1v) is 9.53. The van der Waals surface area contributed by atoms with Crippen molar-refractivity contribution in [2.75, 3.05) is 17.2 Å². The maximum atomic E-state index is 12.3. The Labute approximate surface area is 175 Å². The largest absolute Gasteiger partial charge is 0.343 e. The molecule has 3 N–H and O–H groups in total. The van der Waals surface area contributed by atoms with Gasteiger partial charge in [0.2, 0.25) is 5.91 Å². The summed E-state index contributed by atoms with van der Waals surface area (Å²) in [6, 6.07) is 21.2. The highest BCUT2D eigenvalue weighted by atomic mass is 16.2. The molecule has 0 unspecified atom stereocenters. The number of aryl methyl sites for hydroxylation is 2. The third-order valence-corrected chi connectivity index (χ3v) is 4.33. The quantitative estimate of drug-likeness (QED) is 0.585. The summed E-state index contributed by atoms with van der Waals surface area (Å²) >= 11 is 0. The molecule has 3 aromatic carbocycles. The monoisotopic (exact) mass is 401 g/mol. The Hall–Kier alpha value is -3.93. The number of amides is 3. The van der Waals surface area contributed by atoms with Gasteiger partial charge in [-0.1, -0.05) is 41.5 Å². The van der Waals surface area contributed by atoms with E-state index in [-0.39, 0.29) is 24.3 Å². The lowest BCUT2D eigenvalue weighted by atomic mass is 10.1. The fourth-order valence-corrected chi connectivity index (χ4v) is 3.04. The number of anilines is 2. The number of carbonyl (C=O) groups excluding carboxylic acids is 3. The molecule has 152 valence electrons. The first-order chi connectivity index (χ1) is 14.4. The first-order valence-electron chi connectivity index (χ1n) is 9.53. The Morgan fingerprint density at radius 2 is 1.30 bits per heavy atom. The van der Waals surface area contributed by atoms with E-state index in [0.29, 0.717) is 22.5 Å². The zero-order chi connectivity index (χ0) is 21.5. The maximum absolute atomic E-state index is 12.3. The van der Waals surface area contributed by atoms with Crippen molar-refractivity contribution in [1.82, 2.24) is 5.32 Å². The minimum absolute atomic E-state index is 0.160. The van der Waals surface area contributed by atoms with Gasteiger partial charge in [-0.2, -0.15) is 0 Å². The summed E-state index contributed by atoms with van der Waals surface area (Å²) in [6.45, 7) is 3.67. The highest BCUT2D eigenvalue weighted by molar-refractivity contribution is 6.05. The average Bonchev–Trinajstić information content (AvgIpc) is 2.72. The lowest BCUT2D eigenvalue weighted by molar-refractivity contribution is -0.115. The van der Waals surface area contributed by atoms with Gasteiger partial charge < -0.3 is 16.0 Å². The molecule has 3 amide bonds. The molecule has 0 aliphatic carbocycles. The van der Waals surface area contributed by atoms with Crippen LogP contribution in [0.1, 0.15) is 31.8 Å². The summed E-state index contributed by atoms with van der Waals surface area (Å²) in [7, 11) is 0. The highest BCUT2D eigenvalue weighted by Gasteiger charge is 2.10. The fraction of sp³-hybridized carbons (Fsp3) is 0.125. The predicted octanol–water partition coefficient (Wildman–Crippen LogP) is 3.92. The molecule has 0 saturated carbocycles. The number of hydrogen-bond donors (Lipinski definition) is 3. The summed E-state index contributed by atoms with van der Waals surface area (Å²) in [5.74, 6) is -0.903. The molecule has 3 rings (SSSR count). The van der Waals surface area contributed by atoms with Gasteiger partial charge in [0.05, 0.1) is 6.54 Å². The van der Waals surface area contributed by atoms with Gasteiger partial charge in [-0.05, 0) is 56.3 Å². The van der Waals surface area contributed by atoms with Crippen LogP contribution in [0.15, 0.2) is 72.8 Å². The van der Waals surface area contributed by atoms with E-state index in [1.54, 1.807) is 60.7 Å². The fourth-order valence-electron chi connectivity index (χ4n) is 3.04. The molecule has 0 heterocycles. The van der Waals surface area contributed by atoms with Crippen LogP contribution < -0.4 is 16.0 Å². The standard InChI is InChI=1S/C24H23N3O3/c1-16-11-17(2)13-19(12-16)23(29)25-15-22(28)26-20-9-6-10-21(14-20)27-24(30)18-7-4-3-5-8-18/h3-14H,15H2,1-2H3,(H,25,29)(H,26,28)(H,27,30). The molecule has 0 bridgehead atoms. The third-order valence-electron chi connectivity index (χ3n) is 4.33. The molecule has 0 aromatic heterocycles. The Bertz CT molecular complexity index is 1060. The zero-order valence-electron chi connectivity index (χ0n) is 16.9. The predicted molar refractivity (Wildman–Crippen MR) is 118 cm³/mol. The van der Waals surface area contributed by atoms with Crippen molar-refractivity contribution in [3.63, 3.8) is 0 Å². The number of carbonyl (C=O) groups is 3. The van der Waals surface area contributed by atoms with E-state index in [1.807, 2.05) is 26.0 Å². The zero-order valence-corrected chi connectivity index (χ0v) is 16.9. The molecule has 6 heteroatoms. The molecular formula is C24H23N3O3. The van der Waals surface area contributed by atoms with Gasteiger partial charge in [-0.15, -0.1) is 0 Å². The van der Waals surface area contributed by atoms with Gasteiger partial charge in [0.25, 0.3) is 11.8 Å². The van der Waals surface area contributed by atoms with Gasteiger partial charge in [0.1, 0.15) is 0 Å². The van der Waals surface area contributed by atoms with Crippen LogP contribution in [0.2, 0.25) is 0 Å². The smallest absolute Gasteiger partial charge is 0.255 e.